The zero-order valence-electron chi connectivity index (χ0n) is 11.5. The summed E-state index contributed by atoms with van der Waals surface area (Å²) in [5, 5.41) is 0. The second-order valence-electron chi connectivity index (χ2n) is 7.77. The first-order chi connectivity index (χ1) is 9.74. The lowest BCUT2D eigenvalue weighted by Gasteiger charge is -2.43. The Labute approximate surface area is 125 Å². The maximum absolute atomic E-state index is 10.7. The fourth-order valence-electron chi connectivity index (χ4n) is 7.28. The average Bonchev–Trinajstić information content (AvgIpc) is 3.15. The van der Waals surface area contributed by atoms with Crippen LogP contribution in [-0.2, 0) is 15.2 Å². The van der Waals surface area contributed by atoms with Gasteiger partial charge in [-0.2, -0.15) is 0 Å². The second kappa shape index (κ2) is 4.28. The lowest BCUT2D eigenvalue weighted by atomic mass is 9.64. The molecular formula is C15H21O3SSi-. The highest BCUT2D eigenvalue weighted by atomic mass is 32.2. The van der Waals surface area contributed by atoms with Gasteiger partial charge in [0.25, 0.3) is 0 Å². The van der Waals surface area contributed by atoms with Crippen molar-refractivity contribution < 1.29 is 12.6 Å². The van der Waals surface area contributed by atoms with Gasteiger partial charge in [0.05, 0.1) is 11.4 Å². The lowest BCUT2D eigenvalue weighted by molar-refractivity contribution is 0.0811. The summed E-state index contributed by atoms with van der Waals surface area (Å²) in [4.78, 5) is 0. The van der Waals surface area contributed by atoms with Gasteiger partial charge >= 0.3 is 0 Å². The Kier molecular flexibility index (Phi) is 2.69. The van der Waals surface area contributed by atoms with E-state index in [2.05, 4.69) is 12.2 Å². The molecule has 4 fully saturated rings. The van der Waals surface area contributed by atoms with E-state index in [0.717, 1.165) is 47.3 Å². The van der Waals surface area contributed by atoms with Gasteiger partial charge in [-0.3, -0.25) is 0 Å². The van der Waals surface area contributed by atoms with Gasteiger partial charge in [-0.05, 0) is 78.6 Å². The van der Waals surface area contributed by atoms with Crippen molar-refractivity contribution in [1.29, 1.82) is 0 Å². The standard InChI is InChI=1S/C15H22O3SSi/c16-19(17)18-20-13-5-7-4-12(13)15-11-6-10(14(7)15)8-2-1-3-9(8)11/h1-2,7-15H,3-6,20H2,(H,16,17)/p-1. The van der Waals surface area contributed by atoms with Crippen molar-refractivity contribution in [1.82, 2.24) is 0 Å². The normalized spacial score (nSPS) is 59.8. The lowest BCUT2D eigenvalue weighted by Crippen LogP contribution is -2.38. The SMILES string of the molecule is O=S([O-])O[SiH2]C1CC2CC1C1C3CC(C4C=CCC43)C21. The number of rotatable bonds is 3. The number of fused-ring (bicyclic) bond motifs is 12. The van der Waals surface area contributed by atoms with E-state index in [1.165, 1.54) is 25.7 Å². The molecule has 0 spiro atoms. The molecule has 0 aromatic rings. The van der Waals surface area contributed by atoms with Crippen LogP contribution >= 0.6 is 0 Å². The molecule has 0 aliphatic heterocycles. The minimum atomic E-state index is -2.27. The van der Waals surface area contributed by atoms with Crippen LogP contribution in [-0.4, -0.2) is 18.5 Å². The van der Waals surface area contributed by atoms with E-state index in [1.54, 1.807) is 0 Å². The summed E-state index contributed by atoms with van der Waals surface area (Å²) < 4.78 is 26.4. The van der Waals surface area contributed by atoms with Crippen molar-refractivity contribution in [3.63, 3.8) is 0 Å². The van der Waals surface area contributed by atoms with Gasteiger partial charge < -0.3 is 8.42 Å². The topological polar surface area (TPSA) is 49.4 Å². The minimum absolute atomic E-state index is 0.645. The van der Waals surface area contributed by atoms with Crippen molar-refractivity contribution >= 4 is 21.1 Å². The molecule has 5 aliphatic rings. The molecule has 10 unspecified atom stereocenters. The van der Waals surface area contributed by atoms with Gasteiger partial charge in [0.2, 0.25) is 0 Å². The fourth-order valence-corrected chi connectivity index (χ4v) is 9.74. The van der Waals surface area contributed by atoms with Crippen LogP contribution in [0.25, 0.3) is 0 Å². The van der Waals surface area contributed by atoms with Crippen LogP contribution in [0.4, 0.5) is 0 Å². The maximum atomic E-state index is 10.7. The molecule has 0 N–H and O–H groups in total. The smallest absolute Gasteiger partial charge is 0.186 e. The van der Waals surface area contributed by atoms with E-state index in [9.17, 15) is 8.76 Å². The molecule has 0 amide bonds. The molecule has 110 valence electrons. The van der Waals surface area contributed by atoms with Crippen LogP contribution < -0.4 is 0 Å². The third-order valence-electron chi connectivity index (χ3n) is 7.49. The summed E-state index contributed by atoms with van der Waals surface area (Å²) in [7, 11) is -0.888. The summed E-state index contributed by atoms with van der Waals surface area (Å²) in [6.07, 6.45) is 10.4. The molecular weight excluding hydrogens is 288 g/mol. The van der Waals surface area contributed by atoms with Crippen molar-refractivity contribution in [2.24, 2.45) is 47.3 Å². The van der Waals surface area contributed by atoms with E-state index in [4.69, 9.17) is 3.87 Å². The average molecular weight is 309 g/mol. The number of hydrogen-bond acceptors (Lipinski definition) is 3. The third-order valence-corrected chi connectivity index (χ3v) is 10.2. The van der Waals surface area contributed by atoms with E-state index < -0.39 is 21.1 Å². The van der Waals surface area contributed by atoms with Gasteiger partial charge in [-0.25, -0.2) is 4.21 Å². The Bertz CT molecular complexity index is 496. The highest BCUT2D eigenvalue weighted by Gasteiger charge is 2.67. The summed E-state index contributed by atoms with van der Waals surface area (Å²) >= 11 is -2.27. The first-order valence-corrected chi connectivity index (χ1v) is 10.5. The van der Waals surface area contributed by atoms with Gasteiger partial charge in [-0.15, -0.1) is 0 Å². The first kappa shape index (κ1) is 12.6. The van der Waals surface area contributed by atoms with Crippen molar-refractivity contribution in [3.05, 3.63) is 12.2 Å². The molecule has 3 nitrogen and oxygen atoms in total. The van der Waals surface area contributed by atoms with Crippen LogP contribution in [0.15, 0.2) is 12.2 Å². The quantitative estimate of drug-likeness (QED) is 0.346. The Morgan fingerprint density at radius 1 is 1.10 bits per heavy atom. The molecule has 5 aliphatic carbocycles. The Morgan fingerprint density at radius 3 is 2.85 bits per heavy atom. The fraction of sp³-hybridized carbons (Fsp3) is 0.867. The van der Waals surface area contributed by atoms with Crippen LogP contribution in [0, 0.1) is 47.3 Å². The van der Waals surface area contributed by atoms with Crippen molar-refractivity contribution in [3.8, 4) is 0 Å². The summed E-state index contributed by atoms with van der Waals surface area (Å²) in [6, 6.07) is 0. The summed E-state index contributed by atoms with van der Waals surface area (Å²) in [5.74, 6) is 7.40. The van der Waals surface area contributed by atoms with Crippen LogP contribution in [0.3, 0.4) is 0 Å². The number of allylic oxidation sites excluding steroid dienone is 2. The van der Waals surface area contributed by atoms with Crippen LogP contribution in [0.1, 0.15) is 25.7 Å². The van der Waals surface area contributed by atoms with Gasteiger partial charge in [-0.1, -0.05) is 12.2 Å². The molecule has 4 saturated carbocycles. The molecule has 4 bridgehead atoms. The van der Waals surface area contributed by atoms with Crippen LogP contribution in [0.2, 0.25) is 5.54 Å². The predicted octanol–water partition coefficient (Wildman–Crippen LogP) is 1.78. The highest BCUT2D eigenvalue weighted by molar-refractivity contribution is 7.74. The van der Waals surface area contributed by atoms with Crippen molar-refractivity contribution in [2.45, 2.75) is 31.2 Å². The third kappa shape index (κ3) is 1.50. The molecule has 20 heavy (non-hydrogen) atoms. The molecule has 0 aromatic carbocycles. The molecule has 0 saturated heterocycles. The Morgan fingerprint density at radius 2 is 2.00 bits per heavy atom. The largest absolute Gasteiger partial charge is 0.750 e. The molecule has 5 heteroatoms. The van der Waals surface area contributed by atoms with Crippen LogP contribution in [0.5, 0.6) is 0 Å². The van der Waals surface area contributed by atoms with Gasteiger partial charge in [0, 0.05) is 0 Å². The summed E-state index contributed by atoms with van der Waals surface area (Å²) in [6.45, 7) is 0. The van der Waals surface area contributed by atoms with Crippen molar-refractivity contribution in [2.75, 3.05) is 0 Å². The zero-order chi connectivity index (χ0) is 13.4. The van der Waals surface area contributed by atoms with E-state index in [1.807, 2.05) is 0 Å². The predicted molar refractivity (Wildman–Crippen MR) is 77.8 cm³/mol. The van der Waals surface area contributed by atoms with E-state index in [0.29, 0.717) is 5.54 Å². The molecule has 10 atom stereocenters. The van der Waals surface area contributed by atoms with Gasteiger partial charge in [0.15, 0.2) is 9.76 Å². The highest BCUT2D eigenvalue weighted by Crippen LogP contribution is 2.73. The molecule has 0 aromatic heterocycles. The number of hydrogen-bond donors (Lipinski definition) is 0. The summed E-state index contributed by atoms with van der Waals surface area (Å²) in [5.41, 5.74) is 0.645. The van der Waals surface area contributed by atoms with E-state index in [-0.39, 0.29) is 0 Å². The first-order valence-electron chi connectivity index (χ1n) is 8.13. The van der Waals surface area contributed by atoms with Gasteiger partial charge in [0.1, 0.15) is 0 Å². The zero-order valence-corrected chi connectivity index (χ0v) is 13.8. The minimum Gasteiger partial charge on any atom is -0.750 e. The molecule has 0 heterocycles. The Hall–Kier alpha value is 0.0269. The second-order valence-corrected chi connectivity index (χ2v) is 10.5. The Balaban J connectivity index is 1.38. The maximum Gasteiger partial charge on any atom is 0.186 e. The monoisotopic (exact) mass is 309 g/mol. The van der Waals surface area contributed by atoms with E-state index >= 15 is 0 Å². The molecule has 5 rings (SSSR count). The molecule has 0 radical (unpaired) electrons.